The van der Waals surface area contributed by atoms with E-state index in [1.54, 1.807) is 34.4 Å². The predicted octanol–water partition coefficient (Wildman–Crippen LogP) is 6.12. The molecule has 1 aliphatic heterocycles. The molecule has 0 saturated carbocycles. The quantitative estimate of drug-likeness (QED) is 0.440. The van der Waals surface area contributed by atoms with Gasteiger partial charge in [0.15, 0.2) is 9.66 Å². The number of rotatable bonds is 1. The Bertz CT molecular complexity index is 1110. The van der Waals surface area contributed by atoms with Crippen LogP contribution in [0.4, 0.5) is 5.69 Å². The van der Waals surface area contributed by atoms with Gasteiger partial charge in [0.1, 0.15) is 5.01 Å². The third kappa shape index (κ3) is 2.17. The van der Waals surface area contributed by atoms with Gasteiger partial charge in [0.25, 0.3) is 0 Å². The molecule has 0 atom stereocenters. The lowest BCUT2D eigenvalue weighted by Gasteiger charge is -2.02. The summed E-state index contributed by atoms with van der Waals surface area (Å²) in [6.07, 6.45) is 0. The molecule has 4 aromatic rings. The standard InChI is InChI=1S/C18H13N3S3/c1-9(16-21-18-17(24-16)19-10(2)22-18)15-20-13-8-7-11-5-3-4-6-12(11)14(13)23-15/h3-8,20H,1-2H3/b15-9+. The fourth-order valence-electron chi connectivity index (χ4n) is 2.87. The molecule has 0 unspecified atom stereocenters. The molecule has 1 aliphatic rings. The number of nitrogens with one attached hydrogen (secondary N) is 1. The number of allylic oxidation sites excluding steroid dienone is 1. The first-order valence-corrected chi connectivity index (χ1v) is 10.1. The van der Waals surface area contributed by atoms with E-state index in [0.717, 1.165) is 19.7 Å². The Morgan fingerprint density at radius 3 is 2.71 bits per heavy atom. The average Bonchev–Trinajstić information content (AvgIpc) is 3.26. The summed E-state index contributed by atoms with van der Waals surface area (Å²) in [5, 5.41) is 9.44. The van der Waals surface area contributed by atoms with E-state index in [0.29, 0.717) is 0 Å². The van der Waals surface area contributed by atoms with Gasteiger partial charge < -0.3 is 5.32 Å². The number of nitrogens with zero attached hydrogens (tertiary/aromatic N) is 2. The lowest BCUT2D eigenvalue weighted by Crippen LogP contribution is -1.92. The van der Waals surface area contributed by atoms with Gasteiger partial charge >= 0.3 is 0 Å². The van der Waals surface area contributed by atoms with Crippen molar-refractivity contribution < 1.29 is 0 Å². The van der Waals surface area contributed by atoms with Gasteiger partial charge in [-0.1, -0.05) is 64.8 Å². The van der Waals surface area contributed by atoms with Crippen LogP contribution < -0.4 is 5.32 Å². The van der Waals surface area contributed by atoms with Gasteiger partial charge in [-0.05, 0) is 30.7 Å². The highest BCUT2D eigenvalue weighted by Gasteiger charge is 2.22. The second-order valence-corrected chi connectivity index (χ2v) is 8.89. The smallest absolute Gasteiger partial charge is 0.155 e. The van der Waals surface area contributed by atoms with Crippen molar-refractivity contribution in [1.82, 2.24) is 9.97 Å². The molecule has 1 N–H and O–H groups in total. The molecule has 0 fully saturated rings. The van der Waals surface area contributed by atoms with Crippen LogP contribution >= 0.6 is 34.4 Å². The molecule has 2 aromatic heterocycles. The third-order valence-corrected chi connectivity index (χ3v) is 7.40. The van der Waals surface area contributed by atoms with E-state index in [2.05, 4.69) is 53.6 Å². The lowest BCUT2D eigenvalue weighted by molar-refractivity contribution is 1.36. The van der Waals surface area contributed by atoms with Gasteiger partial charge in [-0.15, -0.1) is 0 Å². The molecule has 3 nitrogen and oxygen atoms in total. The van der Waals surface area contributed by atoms with Gasteiger partial charge in [-0.25, -0.2) is 9.97 Å². The number of hydrogen-bond acceptors (Lipinski definition) is 6. The van der Waals surface area contributed by atoms with Crippen molar-refractivity contribution in [3.05, 3.63) is 51.4 Å². The summed E-state index contributed by atoms with van der Waals surface area (Å²) >= 11 is 5.14. The number of benzene rings is 2. The van der Waals surface area contributed by atoms with Crippen molar-refractivity contribution in [2.75, 3.05) is 5.32 Å². The van der Waals surface area contributed by atoms with Crippen molar-refractivity contribution in [2.45, 2.75) is 18.7 Å². The molecule has 118 valence electrons. The van der Waals surface area contributed by atoms with Crippen LogP contribution in [0, 0.1) is 6.92 Å². The fourth-order valence-corrected chi connectivity index (χ4v) is 6.02. The lowest BCUT2D eigenvalue weighted by atomic mass is 10.1. The largest absolute Gasteiger partial charge is 0.349 e. The van der Waals surface area contributed by atoms with Crippen molar-refractivity contribution >= 4 is 66.1 Å². The molecule has 5 rings (SSSR count). The van der Waals surface area contributed by atoms with E-state index in [1.165, 1.54) is 32.0 Å². The molecule has 2 aromatic carbocycles. The number of anilines is 1. The monoisotopic (exact) mass is 367 g/mol. The van der Waals surface area contributed by atoms with E-state index >= 15 is 0 Å². The summed E-state index contributed by atoms with van der Waals surface area (Å²) in [5.74, 6) is 0. The SMILES string of the molecule is C/C(=C1/Nc2ccc3ccccc3c2S1)c1nc2sc(C)nc2s1. The number of fused-ring (bicyclic) bond motifs is 4. The van der Waals surface area contributed by atoms with Crippen molar-refractivity contribution in [3.63, 3.8) is 0 Å². The zero-order chi connectivity index (χ0) is 16.3. The molecular weight excluding hydrogens is 354 g/mol. The highest BCUT2D eigenvalue weighted by molar-refractivity contribution is 8.04. The van der Waals surface area contributed by atoms with Crippen molar-refractivity contribution in [2.24, 2.45) is 0 Å². The molecule has 3 heterocycles. The molecule has 6 heteroatoms. The second kappa shape index (κ2) is 5.31. The molecular formula is C18H13N3S3. The van der Waals surface area contributed by atoms with Crippen LogP contribution in [0.1, 0.15) is 16.9 Å². The molecule has 24 heavy (non-hydrogen) atoms. The molecule has 0 radical (unpaired) electrons. The van der Waals surface area contributed by atoms with Crippen LogP contribution in [-0.2, 0) is 0 Å². The Labute approximate surface area is 151 Å². The van der Waals surface area contributed by atoms with Gasteiger partial charge in [-0.2, -0.15) is 0 Å². The van der Waals surface area contributed by atoms with Gasteiger partial charge in [0, 0.05) is 10.5 Å². The molecule has 0 saturated heterocycles. The summed E-state index contributed by atoms with van der Waals surface area (Å²) in [6.45, 7) is 4.17. The minimum atomic E-state index is 1.04. The number of thiazole rings is 2. The van der Waals surface area contributed by atoms with E-state index in [4.69, 9.17) is 4.98 Å². The van der Waals surface area contributed by atoms with Crippen LogP contribution in [0.5, 0.6) is 0 Å². The van der Waals surface area contributed by atoms with E-state index < -0.39 is 0 Å². The number of thioether (sulfide) groups is 1. The third-order valence-electron chi connectivity index (χ3n) is 4.08. The first-order chi connectivity index (χ1) is 11.7. The molecule has 0 spiro atoms. The van der Waals surface area contributed by atoms with Crippen LogP contribution in [0.2, 0.25) is 0 Å². The summed E-state index contributed by atoms with van der Waals surface area (Å²) in [7, 11) is 0. The highest BCUT2D eigenvalue weighted by atomic mass is 32.2. The maximum atomic E-state index is 4.77. The predicted molar refractivity (Wildman–Crippen MR) is 106 cm³/mol. The minimum absolute atomic E-state index is 1.04. The molecule has 0 bridgehead atoms. The normalized spacial score (nSPS) is 15.8. The first kappa shape index (κ1) is 14.5. The summed E-state index contributed by atoms with van der Waals surface area (Å²) in [5.41, 5.74) is 2.37. The van der Waals surface area contributed by atoms with Crippen LogP contribution in [-0.4, -0.2) is 9.97 Å². The van der Waals surface area contributed by atoms with Gasteiger partial charge in [0.2, 0.25) is 0 Å². The number of hydrogen-bond donors (Lipinski definition) is 1. The van der Waals surface area contributed by atoms with Crippen LogP contribution in [0.25, 0.3) is 26.0 Å². The van der Waals surface area contributed by atoms with E-state index in [9.17, 15) is 0 Å². The second-order valence-electron chi connectivity index (χ2n) is 5.71. The maximum absolute atomic E-state index is 4.77. The van der Waals surface area contributed by atoms with Gasteiger partial charge in [-0.3, -0.25) is 0 Å². The van der Waals surface area contributed by atoms with E-state index in [1.807, 2.05) is 6.92 Å². The first-order valence-electron chi connectivity index (χ1n) is 7.61. The summed E-state index contributed by atoms with van der Waals surface area (Å²) in [6, 6.07) is 12.9. The minimum Gasteiger partial charge on any atom is -0.349 e. The zero-order valence-electron chi connectivity index (χ0n) is 13.1. The number of aromatic nitrogens is 2. The Balaban J connectivity index is 1.60. The highest BCUT2D eigenvalue weighted by Crippen LogP contribution is 2.48. The zero-order valence-corrected chi connectivity index (χ0v) is 15.5. The molecule has 0 amide bonds. The maximum Gasteiger partial charge on any atom is 0.155 e. The van der Waals surface area contributed by atoms with Crippen LogP contribution in [0.15, 0.2) is 46.3 Å². The van der Waals surface area contributed by atoms with E-state index in [-0.39, 0.29) is 0 Å². The Hall–Kier alpha value is -1.89. The van der Waals surface area contributed by atoms with Crippen molar-refractivity contribution in [3.8, 4) is 0 Å². The topological polar surface area (TPSA) is 37.8 Å². The summed E-state index contributed by atoms with van der Waals surface area (Å²) in [4.78, 5) is 12.7. The summed E-state index contributed by atoms with van der Waals surface area (Å²) < 4.78 is 0. The van der Waals surface area contributed by atoms with Crippen LogP contribution in [0.3, 0.4) is 0 Å². The number of aryl methyl sites for hydroxylation is 1. The molecule has 0 aliphatic carbocycles. The Morgan fingerprint density at radius 1 is 1.00 bits per heavy atom. The Kier molecular flexibility index (Phi) is 3.20. The Morgan fingerprint density at radius 2 is 1.83 bits per heavy atom. The fraction of sp³-hybridized carbons (Fsp3) is 0.111. The van der Waals surface area contributed by atoms with Gasteiger partial charge in [0.05, 0.1) is 15.7 Å². The average molecular weight is 368 g/mol. The van der Waals surface area contributed by atoms with Crippen molar-refractivity contribution in [1.29, 1.82) is 0 Å².